The number of carbonyl (C=O) groups is 1. The van der Waals surface area contributed by atoms with Crippen molar-refractivity contribution in [1.82, 2.24) is 19.4 Å². The Bertz CT molecular complexity index is 1040. The van der Waals surface area contributed by atoms with E-state index in [4.69, 9.17) is 5.73 Å². The Hall–Kier alpha value is -3.26. The standard InChI is InChI=1S/C20H22N6O2/c21-17(27)13-26-19(23-16-6-2-1-5-15(16)20(26)28)14-24-9-11-25(12-10-24)18-7-3-4-8-22-18/h1-8H,9-14H2,(H2,21,27). The zero-order valence-corrected chi connectivity index (χ0v) is 15.5. The van der Waals surface area contributed by atoms with Crippen LogP contribution >= 0.6 is 0 Å². The summed E-state index contributed by atoms with van der Waals surface area (Å²) in [5.41, 5.74) is 5.77. The summed E-state index contributed by atoms with van der Waals surface area (Å²) in [7, 11) is 0. The number of hydrogen-bond donors (Lipinski definition) is 1. The fraction of sp³-hybridized carbons (Fsp3) is 0.300. The highest BCUT2D eigenvalue weighted by Crippen LogP contribution is 2.15. The van der Waals surface area contributed by atoms with E-state index in [2.05, 4.69) is 19.8 Å². The van der Waals surface area contributed by atoms with E-state index in [1.807, 2.05) is 30.3 Å². The minimum absolute atomic E-state index is 0.167. The van der Waals surface area contributed by atoms with Gasteiger partial charge in [0.05, 0.1) is 17.4 Å². The van der Waals surface area contributed by atoms with E-state index in [-0.39, 0.29) is 12.1 Å². The second-order valence-corrected chi connectivity index (χ2v) is 6.85. The van der Waals surface area contributed by atoms with Crippen LogP contribution in [0, 0.1) is 0 Å². The number of anilines is 1. The molecule has 1 aliphatic rings. The first-order valence-electron chi connectivity index (χ1n) is 9.27. The first kappa shape index (κ1) is 18.1. The van der Waals surface area contributed by atoms with E-state index < -0.39 is 5.91 Å². The van der Waals surface area contributed by atoms with E-state index in [0.717, 1.165) is 32.0 Å². The van der Waals surface area contributed by atoms with Gasteiger partial charge in [-0.15, -0.1) is 0 Å². The van der Waals surface area contributed by atoms with Gasteiger partial charge in [0.25, 0.3) is 5.56 Å². The van der Waals surface area contributed by atoms with E-state index in [1.165, 1.54) is 4.57 Å². The molecule has 0 saturated carbocycles. The van der Waals surface area contributed by atoms with Crippen molar-refractivity contribution in [3.05, 3.63) is 64.8 Å². The molecule has 0 unspecified atom stereocenters. The van der Waals surface area contributed by atoms with Gasteiger partial charge < -0.3 is 10.6 Å². The van der Waals surface area contributed by atoms with Crippen LogP contribution in [0.5, 0.6) is 0 Å². The van der Waals surface area contributed by atoms with Crippen LogP contribution in [0.3, 0.4) is 0 Å². The molecule has 2 aromatic heterocycles. The molecule has 8 heteroatoms. The summed E-state index contributed by atoms with van der Waals surface area (Å²) in [6.45, 7) is 3.63. The summed E-state index contributed by atoms with van der Waals surface area (Å²) >= 11 is 0. The second-order valence-electron chi connectivity index (χ2n) is 6.85. The van der Waals surface area contributed by atoms with Crippen LogP contribution in [0.2, 0.25) is 0 Å². The maximum absolute atomic E-state index is 12.8. The van der Waals surface area contributed by atoms with Gasteiger partial charge in [-0.2, -0.15) is 0 Å². The van der Waals surface area contributed by atoms with Crippen molar-refractivity contribution in [2.24, 2.45) is 5.73 Å². The molecule has 1 aromatic carbocycles. The molecule has 1 aliphatic heterocycles. The highest BCUT2D eigenvalue weighted by atomic mass is 16.2. The summed E-state index contributed by atoms with van der Waals surface area (Å²) in [6, 6.07) is 13.1. The largest absolute Gasteiger partial charge is 0.368 e. The molecule has 0 radical (unpaired) electrons. The Morgan fingerprint density at radius 3 is 2.50 bits per heavy atom. The maximum Gasteiger partial charge on any atom is 0.261 e. The molecule has 8 nitrogen and oxygen atoms in total. The van der Waals surface area contributed by atoms with Crippen molar-refractivity contribution in [1.29, 1.82) is 0 Å². The lowest BCUT2D eigenvalue weighted by molar-refractivity contribution is -0.118. The van der Waals surface area contributed by atoms with Gasteiger partial charge >= 0.3 is 0 Å². The number of carbonyl (C=O) groups excluding carboxylic acids is 1. The lowest BCUT2D eigenvalue weighted by Gasteiger charge is -2.35. The monoisotopic (exact) mass is 378 g/mol. The van der Waals surface area contributed by atoms with Crippen molar-refractivity contribution in [3.63, 3.8) is 0 Å². The van der Waals surface area contributed by atoms with Crippen molar-refractivity contribution in [2.45, 2.75) is 13.1 Å². The van der Waals surface area contributed by atoms with Crippen molar-refractivity contribution < 1.29 is 4.79 Å². The first-order chi connectivity index (χ1) is 13.6. The fourth-order valence-electron chi connectivity index (χ4n) is 3.53. The predicted molar refractivity (Wildman–Crippen MR) is 107 cm³/mol. The third-order valence-electron chi connectivity index (χ3n) is 4.97. The predicted octanol–water partition coefficient (Wildman–Crippen LogP) is 0.599. The molecular weight excluding hydrogens is 356 g/mol. The number of benzene rings is 1. The number of aromatic nitrogens is 3. The molecule has 3 aromatic rings. The molecule has 1 saturated heterocycles. The van der Waals surface area contributed by atoms with Gasteiger partial charge in [0.1, 0.15) is 18.2 Å². The van der Waals surface area contributed by atoms with Gasteiger partial charge in [-0.3, -0.25) is 19.1 Å². The minimum Gasteiger partial charge on any atom is -0.368 e. The Balaban J connectivity index is 1.56. The smallest absolute Gasteiger partial charge is 0.261 e. The molecule has 2 N–H and O–H groups in total. The average Bonchev–Trinajstić information content (AvgIpc) is 2.72. The summed E-state index contributed by atoms with van der Waals surface area (Å²) < 4.78 is 1.40. The van der Waals surface area contributed by atoms with E-state index in [9.17, 15) is 9.59 Å². The van der Waals surface area contributed by atoms with Gasteiger partial charge in [0, 0.05) is 32.4 Å². The Labute approximate surface area is 162 Å². The molecule has 0 bridgehead atoms. The van der Waals surface area contributed by atoms with Crippen molar-refractivity contribution >= 4 is 22.6 Å². The van der Waals surface area contributed by atoms with Gasteiger partial charge in [-0.25, -0.2) is 9.97 Å². The fourth-order valence-corrected chi connectivity index (χ4v) is 3.53. The summed E-state index contributed by atoms with van der Waals surface area (Å²) in [4.78, 5) is 37.9. The van der Waals surface area contributed by atoms with Crippen LogP contribution in [0.4, 0.5) is 5.82 Å². The number of fused-ring (bicyclic) bond motifs is 1. The topological polar surface area (TPSA) is 97.4 Å². The van der Waals surface area contributed by atoms with Gasteiger partial charge in [-0.05, 0) is 24.3 Å². The zero-order valence-electron chi connectivity index (χ0n) is 15.5. The number of rotatable bonds is 5. The molecule has 0 spiro atoms. The Kier molecular flexibility index (Phi) is 5.03. The summed E-state index contributed by atoms with van der Waals surface area (Å²) in [5.74, 6) is 0.978. The number of para-hydroxylation sites is 1. The molecule has 1 fully saturated rings. The number of amides is 1. The highest BCUT2D eigenvalue weighted by Gasteiger charge is 2.21. The van der Waals surface area contributed by atoms with E-state index in [1.54, 1.807) is 18.3 Å². The molecular formula is C20H22N6O2. The van der Waals surface area contributed by atoms with Gasteiger partial charge in [-0.1, -0.05) is 18.2 Å². The second kappa shape index (κ2) is 7.77. The molecule has 0 aliphatic carbocycles. The molecule has 3 heterocycles. The third kappa shape index (κ3) is 3.72. The normalized spacial score (nSPS) is 15.1. The van der Waals surface area contributed by atoms with Crippen molar-refractivity contribution in [3.8, 4) is 0 Å². The van der Waals surface area contributed by atoms with E-state index in [0.29, 0.717) is 23.3 Å². The SMILES string of the molecule is NC(=O)Cn1c(CN2CCN(c3ccccn3)CC2)nc2ccccc2c1=O. The molecule has 144 valence electrons. The molecule has 28 heavy (non-hydrogen) atoms. The van der Waals surface area contributed by atoms with Crippen LogP contribution in [0.15, 0.2) is 53.5 Å². The Morgan fingerprint density at radius 2 is 1.79 bits per heavy atom. The van der Waals surface area contributed by atoms with Crippen LogP contribution in [-0.2, 0) is 17.9 Å². The lowest BCUT2D eigenvalue weighted by Crippen LogP contribution is -2.47. The average molecular weight is 378 g/mol. The summed E-state index contributed by atoms with van der Waals surface area (Å²) in [5, 5.41) is 0.493. The van der Waals surface area contributed by atoms with Crippen LogP contribution in [-0.4, -0.2) is 51.5 Å². The Morgan fingerprint density at radius 1 is 1.04 bits per heavy atom. The quantitative estimate of drug-likeness (QED) is 0.698. The summed E-state index contributed by atoms with van der Waals surface area (Å²) in [6.07, 6.45) is 1.79. The van der Waals surface area contributed by atoms with Crippen LogP contribution in [0.25, 0.3) is 10.9 Å². The molecule has 4 rings (SSSR count). The number of pyridine rings is 1. The zero-order chi connectivity index (χ0) is 19.5. The minimum atomic E-state index is -0.555. The first-order valence-corrected chi connectivity index (χ1v) is 9.27. The lowest BCUT2D eigenvalue weighted by atomic mass is 10.2. The molecule has 0 atom stereocenters. The molecule has 1 amide bonds. The van der Waals surface area contributed by atoms with Crippen LogP contribution < -0.4 is 16.2 Å². The number of piperazine rings is 1. The number of nitrogens with zero attached hydrogens (tertiary/aromatic N) is 5. The van der Waals surface area contributed by atoms with Crippen molar-refractivity contribution in [2.75, 3.05) is 31.1 Å². The number of nitrogens with two attached hydrogens (primary N) is 1. The highest BCUT2D eigenvalue weighted by molar-refractivity contribution is 5.78. The number of primary amides is 1. The maximum atomic E-state index is 12.8. The van der Waals surface area contributed by atoms with Gasteiger partial charge in [0.15, 0.2) is 0 Å². The number of hydrogen-bond acceptors (Lipinski definition) is 6. The third-order valence-corrected chi connectivity index (χ3v) is 4.97. The van der Waals surface area contributed by atoms with Crippen LogP contribution in [0.1, 0.15) is 5.82 Å². The van der Waals surface area contributed by atoms with Gasteiger partial charge in [0.2, 0.25) is 5.91 Å². The van der Waals surface area contributed by atoms with E-state index >= 15 is 0 Å².